The van der Waals surface area contributed by atoms with Gasteiger partial charge in [0, 0.05) is 25.6 Å². The standard InChI is InChI=1S/C14H22N2O4/c1-2-15(9-13(18)19)14(20)10-7-12(17)16(8-10)11-5-3-4-6-11/h10-11H,2-9H2,1H3,(H,18,19). The van der Waals surface area contributed by atoms with E-state index < -0.39 is 5.97 Å². The maximum atomic E-state index is 12.3. The van der Waals surface area contributed by atoms with Gasteiger partial charge in [-0.3, -0.25) is 14.4 Å². The summed E-state index contributed by atoms with van der Waals surface area (Å²) in [7, 11) is 0. The molecule has 1 atom stereocenters. The molecule has 0 radical (unpaired) electrons. The first-order valence-electron chi connectivity index (χ1n) is 7.33. The summed E-state index contributed by atoms with van der Waals surface area (Å²) in [6.45, 7) is 2.29. The van der Waals surface area contributed by atoms with Gasteiger partial charge in [-0.05, 0) is 19.8 Å². The first-order chi connectivity index (χ1) is 9.52. The van der Waals surface area contributed by atoms with Crippen LogP contribution in [0.15, 0.2) is 0 Å². The molecule has 0 aromatic carbocycles. The Balaban J connectivity index is 1.97. The van der Waals surface area contributed by atoms with Crippen LogP contribution in [0.2, 0.25) is 0 Å². The molecule has 20 heavy (non-hydrogen) atoms. The zero-order chi connectivity index (χ0) is 14.7. The summed E-state index contributed by atoms with van der Waals surface area (Å²) in [4.78, 5) is 38.3. The van der Waals surface area contributed by atoms with Gasteiger partial charge in [-0.1, -0.05) is 12.8 Å². The lowest BCUT2D eigenvalue weighted by Gasteiger charge is -2.25. The van der Waals surface area contributed by atoms with E-state index in [1.54, 1.807) is 6.92 Å². The molecule has 0 aromatic heterocycles. The summed E-state index contributed by atoms with van der Waals surface area (Å²) in [6, 6.07) is 0.287. The van der Waals surface area contributed by atoms with E-state index in [2.05, 4.69) is 0 Å². The fourth-order valence-electron chi connectivity index (χ4n) is 3.23. The van der Waals surface area contributed by atoms with Gasteiger partial charge in [-0.25, -0.2) is 0 Å². The second kappa shape index (κ2) is 6.24. The molecular weight excluding hydrogens is 260 g/mol. The SMILES string of the molecule is CCN(CC(=O)O)C(=O)C1CC(=O)N(C2CCCC2)C1. The quantitative estimate of drug-likeness (QED) is 0.805. The Morgan fingerprint density at radius 2 is 2.00 bits per heavy atom. The minimum absolute atomic E-state index is 0.0432. The average molecular weight is 282 g/mol. The Labute approximate surface area is 118 Å². The maximum absolute atomic E-state index is 12.3. The predicted molar refractivity (Wildman–Crippen MR) is 72.0 cm³/mol. The highest BCUT2D eigenvalue weighted by atomic mass is 16.4. The maximum Gasteiger partial charge on any atom is 0.323 e. The number of carboxylic acids is 1. The van der Waals surface area contributed by atoms with E-state index in [1.807, 2.05) is 4.90 Å². The molecule has 6 nitrogen and oxygen atoms in total. The summed E-state index contributed by atoms with van der Waals surface area (Å²) >= 11 is 0. The fraction of sp³-hybridized carbons (Fsp3) is 0.786. The van der Waals surface area contributed by atoms with Crippen molar-refractivity contribution in [1.29, 1.82) is 0 Å². The van der Waals surface area contributed by atoms with Crippen molar-refractivity contribution in [3.05, 3.63) is 0 Å². The van der Waals surface area contributed by atoms with Gasteiger partial charge in [0.15, 0.2) is 0 Å². The molecule has 1 aliphatic carbocycles. The van der Waals surface area contributed by atoms with Crippen LogP contribution < -0.4 is 0 Å². The topological polar surface area (TPSA) is 77.9 Å². The van der Waals surface area contributed by atoms with Crippen LogP contribution in [0.4, 0.5) is 0 Å². The molecule has 1 aliphatic heterocycles. The molecule has 0 bridgehead atoms. The van der Waals surface area contributed by atoms with Crippen LogP contribution in [-0.4, -0.2) is 58.4 Å². The van der Waals surface area contributed by atoms with Gasteiger partial charge in [0.25, 0.3) is 0 Å². The van der Waals surface area contributed by atoms with E-state index in [-0.39, 0.29) is 36.7 Å². The summed E-state index contributed by atoms with van der Waals surface area (Å²) in [6.07, 6.45) is 4.57. The van der Waals surface area contributed by atoms with Gasteiger partial charge in [0.1, 0.15) is 6.54 Å². The molecule has 2 rings (SSSR count). The number of carbonyl (C=O) groups excluding carboxylic acids is 2. The molecule has 2 fully saturated rings. The number of likely N-dealkylation sites (N-methyl/N-ethyl adjacent to an activating group) is 1. The van der Waals surface area contributed by atoms with Crippen molar-refractivity contribution in [3.63, 3.8) is 0 Å². The molecule has 1 saturated heterocycles. The number of amides is 2. The van der Waals surface area contributed by atoms with Crippen molar-refractivity contribution in [2.45, 2.75) is 45.1 Å². The first kappa shape index (κ1) is 14.8. The first-order valence-corrected chi connectivity index (χ1v) is 7.33. The van der Waals surface area contributed by atoms with Crippen LogP contribution in [0.25, 0.3) is 0 Å². The summed E-state index contributed by atoms with van der Waals surface area (Å²) in [5, 5.41) is 8.81. The number of carboxylic acid groups (broad SMARTS) is 1. The second-order valence-electron chi connectivity index (χ2n) is 5.63. The van der Waals surface area contributed by atoms with E-state index in [9.17, 15) is 14.4 Å². The lowest BCUT2D eigenvalue weighted by atomic mass is 10.1. The molecule has 0 aromatic rings. The van der Waals surface area contributed by atoms with Gasteiger partial charge in [-0.2, -0.15) is 0 Å². The van der Waals surface area contributed by atoms with Crippen molar-refractivity contribution < 1.29 is 19.5 Å². The molecule has 1 N–H and O–H groups in total. The lowest BCUT2D eigenvalue weighted by Crippen LogP contribution is -2.41. The van der Waals surface area contributed by atoms with Crippen molar-refractivity contribution in [3.8, 4) is 0 Å². The number of carbonyl (C=O) groups is 3. The van der Waals surface area contributed by atoms with Gasteiger partial charge in [0.2, 0.25) is 11.8 Å². The molecule has 1 unspecified atom stereocenters. The van der Waals surface area contributed by atoms with Crippen molar-refractivity contribution in [2.75, 3.05) is 19.6 Å². The van der Waals surface area contributed by atoms with Crippen molar-refractivity contribution in [2.24, 2.45) is 5.92 Å². The third-order valence-electron chi connectivity index (χ3n) is 4.29. The van der Waals surface area contributed by atoms with E-state index in [0.717, 1.165) is 25.7 Å². The van der Waals surface area contributed by atoms with Crippen molar-refractivity contribution in [1.82, 2.24) is 9.80 Å². The minimum atomic E-state index is -1.02. The van der Waals surface area contributed by atoms with Gasteiger partial charge in [0.05, 0.1) is 5.92 Å². The predicted octanol–water partition coefficient (Wildman–Crippen LogP) is 0.711. The average Bonchev–Trinajstić information content (AvgIpc) is 3.03. The normalized spacial score (nSPS) is 23.4. The minimum Gasteiger partial charge on any atom is -0.480 e. The number of aliphatic carboxylic acids is 1. The van der Waals surface area contributed by atoms with Crippen LogP contribution in [0.5, 0.6) is 0 Å². The Morgan fingerprint density at radius 3 is 2.55 bits per heavy atom. The third-order valence-corrected chi connectivity index (χ3v) is 4.29. The van der Waals surface area contributed by atoms with Crippen LogP contribution in [0.1, 0.15) is 39.0 Å². The zero-order valence-electron chi connectivity index (χ0n) is 11.9. The van der Waals surface area contributed by atoms with Gasteiger partial charge in [-0.15, -0.1) is 0 Å². The molecule has 2 aliphatic rings. The molecule has 112 valence electrons. The third kappa shape index (κ3) is 3.11. The monoisotopic (exact) mass is 282 g/mol. The van der Waals surface area contributed by atoms with Gasteiger partial charge < -0.3 is 14.9 Å². The van der Waals surface area contributed by atoms with Crippen LogP contribution in [0.3, 0.4) is 0 Å². The number of nitrogens with zero attached hydrogens (tertiary/aromatic N) is 2. The second-order valence-corrected chi connectivity index (χ2v) is 5.63. The number of likely N-dealkylation sites (tertiary alicyclic amines) is 1. The summed E-state index contributed by atoms with van der Waals surface area (Å²) in [5.41, 5.74) is 0. The number of rotatable bonds is 5. The van der Waals surface area contributed by atoms with Crippen LogP contribution in [-0.2, 0) is 14.4 Å². The highest BCUT2D eigenvalue weighted by Crippen LogP contribution is 2.30. The van der Waals surface area contributed by atoms with Gasteiger partial charge >= 0.3 is 5.97 Å². The van der Waals surface area contributed by atoms with E-state index in [0.29, 0.717) is 13.1 Å². The molecule has 1 heterocycles. The Bertz CT molecular complexity index is 404. The summed E-state index contributed by atoms with van der Waals surface area (Å²) in [5.74, 6) is -1.55. The highest BCUT2D eigenvalue weighted by molar-refractivity contribution is 5.90. The fourth-order valence-corrected chi connectivity index (χ4v) is 3.23. The highest BCUT2D eigenvalue weighted by Gasteiger charge is 2.40. The van der Waals surface area contributed by atoms with Crippen LogP contribution in [0, 0.1) is 5.92 Å². The number of hydrogen-bond acceptors (Lipinski definition) is 3. The molecular formula is C14H22N2O4. The summed E-state index contributed by atoms with van der Waals surface area (Å²) < 4.78 is 0. The van der Waals surface area contributed by atoms with E-state index in [4.69, 9.17) is 5.11 Å². The van der Waals surface area contributed by atoms with Crippen molar-refractivity contribution >= 4 is 17.8 Å². The number of hydrogen-bond donors (Lipinski definition) is 1. The van der Waals surface area contributed by atoms with Crippen LogP contribution >= 0.6 is 0 Å². The molecule has 1 saturated carbocycles. The van der Waals surface area contributed by atoms with E-state index in [1.165, 1.54) is 4.90 Å². The Morgan fingerprint density at radius 1 is 1.35 bits per heavy atom. The zero-order valence-corrected chi connectivity index (χ0v) is 11.9. The largest absolute Gasteiger partial charge is 0.480 e. The molecule has 6 heteroatoms. The Kier molecular flexibility index (Phi) is 4.62. The lowest BCUT2D eigenvalue weighted by molar-refractivity contribution is -0.146. The Hall–Kier alpha value is -1.59. The molecule has 2 amide bonds. The molecule has 0 spiro atoms. The van der Waals surface area contributed by atoms with E-state index >= 15 is 0 Å². The smallest absolute Gasteiger partial charge is 0.323 e.